The number of imidazole rings is 1. The molecule has 0 spiro atoms. The maximum absolute atomic E-state index is 6.25. The van der Waals surface area contributed by atoms with Crippen molar-refractivity contribution < 1.29 is 0 Å². The van der Waals surface area contributed by atoms with Crippen molar-refractivity contribution in [1.82, 2.24) is 14.5 Å². The van der Waals surface area contributed by atoms with E-state index < -0.39 is 0 Å². The monoisotopic (exact) mass is 285 g/mol. The lowest BCUT2D eigenvalue weighted by Gasteiger charge is -2.12. The predicted octanol–water partition coefficient (Wildman–Crippen LogP) is 4.26. The van der Waals surface area contributed by atoms with Crippen LogP contribution < -0.4 is 0 Å². The zero-order chi connectivity index (χ0) is 14.1. The zero-order valence-corrected chi connectivity index (χ0v) is 12.3. The maximum Gasteiger partial charge on any atom is 0.160 e. The number of halogens is 1. The Morgan fingerprint density at radius 2 is 1.95 bits per heavy atom. The summed E-state index contributed by atoms with van der Waals surface area (Å²) >= 11 is 6.25. The molecule has 0 atom stereocenters. The number of pyridine rings is 1. The second kappa shape index (κ2) is 5.25. The summed E-state index contributed by atoms with van der Waals surface area (Å²) in [5.74, 6) is 1.00. The number of fused-ring (bicyclic) bond motifs is 1. The van der Waals surface area contributed by atoms with Crippen molar-refractivity contribution in [3.8, 4) is 0 Å². The summed E-state index contributed by atoms with van der Waals surface area (Å²) in [5, 5.41) is 0.780. The average molecular weight is 286 g/mol. The molecule has 0 radical (unpaired) electrons. The Balaban J connectivity index is 2.12. The van der Waals surface area contributed by atoms with E-state index in [-0.39, 0.29) is 0 Å². The van der Waals surface area contributed by atoms with Gasteiger partial charge in [0.25, 0.3) is 0 Å². The molecule has 0 aliphatic carbocycles. The van der Waals surface area contributed by atoms with E-state index in [1.54, 1.807) is 0 Å². The lowest BCUT2D eigenvalue weighted by atomic mass is 10.1. The summed E-state index contributed by atoms with van der Waals surface area (Å²) in [6, 6.07) is 12.1. The summed E-state index contributed by atoms with van der Waals surface area (Å²) in [5.41, 5.74) is 2.96. The Morgan fingerprint density at radius 1 is 1.15 bits per heavy atom. The summed E-state index contributed by atoms with van der Waals surface area (Å²) in [7, 11) is 0. The Hall–Kier alpha value is -1.87. The first kappa shape index (κ1) is 13.1. The third-order valence-corrected chi connectivity index (χ3v) is 3.71. The van der Waals surface area contributed by atoms with Gasteiger partial charge < -0.3 is 4.57 Å². The van der Waals surface area contributed by atoms with E-state index in [2.05, 4.69) is 23.4 Å². The van der Waals surface area contributed by atoms with Crippen LogP contribution in [0, 0.1) is 0 Å². The molecule has 0 saturated carbocycles. The van der Waals surface area contributed by atoms with Crippen LogP contribution in [0.15, 0.2) is 42.6 Å². The van der Waals surface area contributed by atoms with Gasteiger partial charge in [-0.1, -0.05) is 29.8 Å². The number of rotatable bonds is 3. The van der Waals surface area contributed by atoms with Crippen LogP contribution >= 0.6 is 11.6 Å². The molecule has 0 fully saturated rings. The van der Waals surface area contributed by atoms with Crippen molar-refractivity contribution in [1.29, 1.82) is 0 Å². The summed E-state index contributed by atoms with van der Waals surface area (Å²) in [6.45, 7) is 4.29. The second-order valence-corrected chi connectivity index (χ2v) is 5.51. The molecule has 0 N–H and O–H groups in total. The van der Waals surface area contributed by atoms with Crippen molar-refractivity contribution in [2.45, 2.75) is 26.3 Å². The molecule has 0 saturated heterocycles. The summed E-state index contributed by atoms with van der Waals surface area (Å²) in [6.07, 6.45) is 2.52. The van der Waals surface area contributed by atoms with E-state index in [1.165, 1.54) is 0 Å². The van der Waals surface area contributed by atoms with Crippen LogP contribution in [0.3, 0.4) is 0 Å². The average Bonchev–Trinajstić information content (AvgIpc) is 2.79. The van der Waals surface area contributed by atoms with Gasteiger partial charge in [-0.3, -0.25) is 0 Å². The van der Waals surface area contributed by atoms with Crippen LogP contribution in [0.25, 0.3) is 11.2 Å². The van der Waals surface area contributed by atoms with Crippen molar-refractivity contribution in [2.75, 3.05) is 0 Å². The van der Waals surface area contributed by atoms with Gasteiger partial charge in [0.15, 0.2) is 5.65 Å². The van der Waals surface area contributed by atoms with E-state index in [9.17, 15) is 0 Å². The normalized spacial score (nSPS) is 11.4. The third kappa shape index (κ3) is 2.29. The first-order valence-electron chi connectivity index (χ1n) is 6.72. The molecule has 3 aromatic rings. The predicted molar refractivity (Wildman–Crippen MR) is 82.2 cm³/mol. The largest absolute Gasteiger partial charge is 0.310 e. The lowest BCUT2D eigenvalue weighted by Crippen LogP contribution is -2.07. The highest BCUT2D eigenvalue weighted by Gasteiger charge is 2.15. The van der Waals surface area contributed by atoms with Gasteiger partial charge in [-0.05, 0) is 37.6 Å². The van der Waals surface area contributed by atoms with Gasteiger partial charge in [0.1, 0.15) is 11.3 Å². The van der Waals surface area contributed by atoms with Gasteiger partial charge >= 0.3 is 0 Å². The third-order valence-electron chi connectivity index (χ3n) is 3.34. The van der Waals surface area contributed by atoms with Crippen LogP contribution in [0.4, 0.5) is 0 Å². The number of nitrogens with zero attached hydrogens (tertiary/aromatic N) is 3. The molecule has 2 aromatic heterocycles. The molecule has 3 rings (SSSR count). The number of benzene rings is 1. The molecule has 3 nitrogen and oxygen atoms in total. The molecule has 0 aliphatic heterocycles. The minimum Gasteiger partial charge on any atom is -0.310 e. The molecular formula is C16H16ClN3. The summed E-state index contributed by atoms with van der Waals surface area (Å²) in [4.78, 5) is 9.17. The molecule has 0 aliphatic rings. The van der Waals surface area contributed by atoms with Gasteiger partial charge in [0.2, 0.25) is 0 Å². The van der Waals surface area contributed by atoms with E-state index in [4.69, 9.17) is 16.6 Å². The Labute approximate surface area is 123 Å². The van der Waals surface area contributed by atoms with Crippen molar-refractivity contribution in [2.24, 2.45) is 0 Å². The van der Waals surface area contributed by atoms with E-state index in [0.717, 1.165) is 27.6 Å². The van der Waals surface area contributed by atoms with Gasteiger partial charge in [-0.2, -0.15) is 0 Å². The van der Waals surface area contributed by atoms with Crippen LogP contribution in [0.5, 0.6) is 0 Å². The quantitative estimate of drug-likeness (QED) is 0.720. The minimum absolute atomic E-state index is 0.312. The molecule has 0 bridgehead atoms. The minimum atomic E-state index is 0.312. The first-order valence-corrected chi connectivity index (χ1v) is 7.10. The highest BCUT2D eigenvalue weighted by molar-refractivity contribution is 6.31. The highest BCUT2D eigenvalue weighted by Crippen LogP contribution is 2.23. The van der Waals surface area contributed by atoms with E-state index in [1.807, 2.05) is 42.6 Å². The molecule has 4 heteroatoms. The highest BCUT2D eigenvalue weighted by atomic mass is 35.5. The Bertz CT molecular complexity index is 746. The Morgan fingerprint density at radius 3 is 2.70 bits per heavy atom. The number of aromatic nitrogens is 3. The standard InChI is InChI=1S/C16H16ClN3/c1-11(2)20-15(10-12-6-3-4-7-13(12)17)19-14-8-5-9-18-16(14)20/h3-9,11H,10H2,1-2H3. The van der Waals surface area contributed by atoms with Crippen LogP contribution in [-0.2, 0) is 6.42 Å². The maximum atomic E-state index is 6.25. The van der Waals surface area contributed by atoms with Crippen LogP contribution in [0.2, 0.25) is 5.02 Å². The Kier molecular flexibility index (Phi) is 3.45. The smallest absolute Gasteiger partial charge is 0.160 e. The molecule has 0 amide bonds. The van der Waals surface area contributed by atoms with Crippen LogP contribution in [-0.4, -0.2) is 14.5 Å². The fourth-order valence-corrected chi connectivity index (χ4v) is 2.66. The first-order chi connectivity index (χ1) is 9.66. The van der Waals surface area contributed by atoms with E-state index >= 15 is 0 Å². The van der Waals surface area contributed by atoms with Crippen LogP contribution in [0.1, 0.15) is 31.3 Å². The zero-order valence-electron chi connectivity index (χ0n) is 11.5. The second-order valence-electron chi connectivity index (χ2n) is 5.11. The fourth-order valence-electron chi connectivity index (χ4n) is 2.46. The molecule has 2 heterocycles. The molecule has 0 unspecified atom stereocenters. The van der Waals surface area contributed by atoms with Gasteiger partial charge in [0.05, 0.1) is 0 Å². The molecule has 1 aromatic carbocycles. The fraction of sp³-hybridized carbons (Fsp3) is 0.250. The SMILES string of the molecule is CC(C)n1c(Cc2ccccc2Cl)nc2cccnc21. The van der Waals surface area contributed by atoms with Gasteiger partial charge in [0, 0.05) is 23.7 Å². The van der Waals surface area contributed by atoms with E-state index in [0.29, 0.717) is 12.5 Å². The summed E-state index contributed by atoms with van der Waals surface area (Å²) < 4.78 is 2.18. The topological polar surface area (TPSA) is 30.7 Å². The molecule has 20 heavy (non-hydrogen) atoms. The van der Waals surface area contributed by atoms with Gasteiger partial charge in [-0.25, -0.2) is 9.97 Å². The molecule has 102 valence electrons. The van der Waals surface area contributed by atoms with Crippen molar-refractivity contribution in [3.63, 3.8) is 0 Å². The molecular weight excluding hydrogens is 270 g/mol. The van der Waals surface area contributed by atoms with Crippen molar-refractivity contribution in [3.05, 3.63) is 59.0 Å². The van der Waals surface area contributed by atoms with Gasteiger partial charge in [-0.15, -0.1) is 0 Å². The number of hydrogen-bond acceptors (Lipinski definition) is 2. The lowest BCUT2D eigenvalue weighted by molar-refractivity contribution is 0.587. The number of hydrogen-bond donors (Lipinski definition) is 0. The van der Waals surface area contributed by atoms with Crippen molar-refractivity contribution >= 4 is 22.8 Å².